The standard InChI is InChI=1S/C27H28ClN3O2/c1-17-9-12-25-22(15-17)24(30(3)4)13-14-31(25)27(33)21-11-10-19(16-23(21)28)29-26(32)20-8-6-5-7-18(20)2/h5-12,15-16,24H,13-14H2,1-4H3,(H,29,32). The van der Waals surface area contributed by atoms with Crippen LogP contribution in [-0.4, -0.2) is 37.4 Å². The van der Waals surface area contributed by atoms with Gasteiger partial charge in [-0.3, -0.25) is 9.59 Å². The van der Waals surface area contributed by atoms with Crippen LogP contribution in [-0.2, 0) is 0 Å². The molecule has 5 nitrogen and oxygen atoms in total. The van der Waals surface area contributed by atoms with Crippen molar-refractivity contribution in [2.45, 2.75) is 26.3 Å². The first-order valence-corrected chi connectivity index (χ1v) is 11.4. The number of anilines is 2. The van der Waals surface area contributed by atoms with E-state index in [2.05, 4.69) is 37.3 Å². The smallest absolute Gasteiger partial charge is 0.259 e. The molecule has 0 bridgehead atoms. The number of nitrogens with one attached hydrogen (secondary N) is 1. The van der Waals surface area contributed by atoms with Crippen LogP contribution in [0.3, 0.4) is 0 Å². The monoisotopic (exact) mass is 461 g/mol. The van der Waals surface area contributed by atoms with Crippen LogP contribution in [0.4, 0.5) is 11.4 Å². The first kappa shape index (κ1) is 23.0. The summed E-state index contributed by atoms with van der Waals surface area (Å²) in [5.74, 6) is -0.350. The number of rotatable bonds is 4. The zero-order valence-electron chi connectivity index (χ0n) is 19.4. The van der Waals surface area contributed by atoms with E-state index in [1.165, 1.54) is 5.56 Å². The lowest BCUT2D eigenvalue weighted by atomic mass is 9.93. The van der Waals surface area contributed by atoms with Crippen LogP contribution in [0.1, 0.15) is 49.9 Å². The Balaban J connectivity index is 1.59. The van der Waals surface area contributed by atoms with Crippen LogP contribution in [0.5, 0.6) is 0 Å². The fourth-order valence-electron chi connectivity index (χ4n) is 4.40. The van der Waals surface area contributed by atoms with Crippen LogP contribution >= 0.6 is 11.6 Å². The van der Waals surface area contributed by atoms with Crippen molar-refractivity contribution in [1.82, 2.24) is 4.90 Å². The molecule has 170 valence electrons. The highest BCUT2D eigenvalue weighted by molar-refractivity contribution is 6.35. The van der Waals surface area contributed by atoms with Gasteiger partial charge in [-0.1, -0.05) is 47.5 Å². The molecule has 0 aromatic heterocycles. The maximum atomic E-state index is 13.5. The van der Waals surface area contributed by atoms with E-state index in [1.807, 2.05) is 42.2 Å². The molecule has 1 N–H and O–H groups in total. The normalized spacial score (nSPS) is 15.3. The highest BCUT2D eigenvalue weighted by Crippen LogP contribution is 2.38. The maximum Gasteiger partial charge on any atom is 0.259 e. The van der Waals surface area contributed by atoms with Crippen LogP contribution < -0.4 is 10.2 Å². The van der Waals surface area contributed by atoms with E-state index in [0.29, 0.717) is 28.4 Å². The Kier molecular flexibility index (Phi) is 6.54. The molecule has 4 rings (SSSR count). The lowest BCUT2D eigenvalue weighted by Crippen LogP contribution is -2.39. The van der Waals surface area contributed by atoms with Gasteiger partial charge in [0.05, 0.1) is 10.6 Å². The van der Waals surface area contributed by atoms with E-state index < -0.39 is 0 Å². The first-order chi connectivity index (χ1) is 15.8. The highest BCUT2D eigenvalue weighted by Gasteiger charge is 2.31. The summed E-state index contributed by atoms with van der Waals surface area (Å²) in [4.78, 5) is 30.1. The van der Waals surface area contributed by atoms with Crippen LogP contribution in [0, 0.1) is 13.8 Å². The Morgan fingerprint density at radius 2 is 1.76 bits per heavy atom. The van der Waals surface area contributed by atoms with Gasteiger partial charge in [0.2, 0.25) is 0 Å². The van der Waals surface area contributed by atoms with Crippen molar-refractivity contribution in [3.63, 3.8) is 0 Å². The SMILES string of the molecule is Cc1ccc2c(c1)C(N(C)C)CCN2C(=O)c1ccc(NC(=O)c2ccccc2C)cc1Cl. The zero-order chi connectivity index (χ0) is 23.7. The van der Waals surface area contributed by atoms with E-state index >= 15 is 0 Å². The van der Waals surface area contributed by atoms with Gasteiger partial charge in [0, 0.05) is 29.5 Å². The number of hydrogen-bond donors (Lipinski definition) is 1. The Hall–Kier alpha value is -3.15. The van der Waals surface area contributed by atoms with Crippen molar-refractivity contribution in [2.24, 2.45) is 0 Å². The van der Waals surface area contributed by atoms with Crippen LogP contribution in [0.2, 0.25) is 5.02 Å². The highest BCUT2D eigenvalue weighted by atomic mass is 35.5. The summed E-state index contributed by atoms with van der Waals surface area (Å²) in [5, 5.41) is 3.18. The Morgan fingerprint density at radius 3 is 2.45 bits per heavy atom. The summed E-state index contributed by atoms with van der Waals surface area (Å²) in [6.07, 6.45) is 0.845. The third-order valence-corrected chi connectivity index (χ3v) is 6.49. The topological polar surface area (TPSA) is 52.6 Å². The largest absolute Gasteiger partial charge is 0.322 e. The van der Waals surface area contributed by atoms with Crippen molar-refractivity contribution in [1.29, 1.82) is 0 Å². The molecule has 1 aliphatic rings. The molecule has 0 saturated heterocycles. The summed E-state index contributed by atoms with van der Waals surface area (Å²) < 4.78 is 0. The number of aryl methyl sites for hydroxylation is 2. The van der Waals surface area contributed by atoms with Gasteiger partial charge in [0.25, 0.3) is 11.8 Å². The molecule has 2 amide bonds. The number of carbonyl (C=O) groups excluding carboxylic acids is 2. The molecular formula is C27H28ClN3O2. The Labute approximate surface area is 200 Å². The summed E-state index contributed by atoms with van der Waals surface area (Å²) in [6, 6.07) is 18.9. The summed E-state index contributed by atoms with van der Waals surface area (Å²) >= 11 is 6.53. The first-order valence-electron chi connectivity index (χ1n) is 11.0. The number of benzene rings is 3. The predicted octanol–water partition coefficient (Wildman–Crippen LogP) is 5.86. The van der Waals surface area contributed by atoms with E-state index in [4.69, 9.17) is 11.6 Å². The van der Waals surface area contributed by atoms with Gasteiger partial charge in [0.1, 0.15) is 0 Å². The lowest BCUT2D eigenvalue weighted by Gasteiger charge is -2.37. The molecule has 0 aliphatic carbocycles. The van der Waals surface area contributed by atoms with Crippen LogP contribution in [0.15, 0.2) is 60.7 Å². The second-order valence-electron chi connectivity index (χ2n) is 8.75. The molecule has 33 heavy (non-hydrogen) atoms. The summed E-state index contributed by atoms with van der Waals surface area (Å²) in [7, 11) is 4.13. The zero-order valence-corrected chi connectivity index (χ0v) is 20.1. The van der Waals surface area contributed by atoms with E-state index in [9.17, 15) is 9.59 Å². The third-order valence-electron chi connectivity index (χ3n) is 6.17. The van der Waals surface area contributed by atoms with E-state index in [-0.39, 0.29) is 17.9 Å². The molecule has 0 saturated carbocycles. The molecule has 1 unspecified atom stereocenters. The average Bonchev–Trinajstić information content (AvgIpc) is 2.78. The molecular weight excluding hydrogens is 434 g/mol. The second kappa shape index (κ2) is 9.38. The maximum absolute atomic E-state index is 13.5. The van der Waals surface area contributed by atoms with Crippen molar-refractivity contribution in [3.05, 3.63) is 93.5 Å². The number of hydrogen-bond acceptors (Lipinski definition) is 3. The van der Waals surface area contributed by atoms with Crippen molar-refractivity contribution >= 4 is 34.8 Å². The minimum Gasteiger partial charge on any atom is -0.322 e. The van der Waals surface area contributed by atoms with Crippen LogP contribution in [0.25, 0.3) is 0 Å². The average molecular weight is 462 g/mol. The van der Waals surface area contributed by atoms with Gasteiger partial charge in [-0.25, -0.2) is 0 Å². The second-order valence-corrected chi connectivity index (χ2v) is 9.16. The van der Waals surface area contributed by atoms with E-state index in [1.54, 1.807) is 24.3 Å². The molecule has 1 heterocycles. The van der Waals surface area contributed by atoms with E-state index in [0.717, 1.165) is 23.2 Å². The van der Waals surface area contributed by atoms with Gasteiger partial charge in [-0.05, 0) is 75.8 Å². The molecule has 0 radical (unpaired) electrons. The molecule has 0 spiro atoms. The van der Waals surface area contributed by atoms with Gasteiger partial charge in [-0.15, -0.1) is 0 Å². The molecule has 3 aromatic rings. The van der Waals surface area contributed by atoms with Gasteiger partial charge in [0.15, 0.2) is 0 Å². The minimum absolute atomic E-state index is 0.140. The van der Waals surface area contributed by atoms with Crippen molar-refractivity contribution < 1.29 is 9.59 Å². The lowest BCUT2D eigenvalue weighted by molar-refractivity contribution is 0.0979. The van der Waals surface area contributed by atoms with Gasteiger partial charge < -0.3 is 15.1 Å². The summed E-state index contributed by atoms with van der Waals surface area (Å²) in [6.45, 7) is 4.57. The third kappa shape index (κ3) is 4.65. The van der Waals surface area contributed by atoms with Crippen molar-refractivity contribution in [2.75, 3.05) is 30.9 Å². The minimum atomic E-state index is -0.210. The van der Waals surface area contributed by atoms with Crippen molar-refractivity contribution in [3.8, 4) is 0 Å². The number of carbonyl (C=O) groups is 2. The molecule has 1 atom stereocenters. The van der Waals surface area contributed by atoms with Gasteiger partial charge >= 0.3 is 0 Å². The fraction of sp³-hybridized carbons (Fsp3) is 0.259. The molecule has 3 aromatic carbocycles. The number of halogens is 1. The van der Waals surface area contributed by atoms with Gasteiger partial charge in [-0.2, -0.15) is 0 Å². The molecule has 0 fully saturated rings. The summed E-state index contributed by atoms with van der Waals surface area (Å²) in [5.41, 5.74) is 5.70. The Morgan fingerprint density at radius 1 is 1.00 bits per heavy atom. The molecule has 6 heteroatoms. The number of fused-ring (bicyclic) bond motifs is 1. The fourth-order valence-corrected chi connectivity index (χ4v) is 4.66. The number of nitrogens with zero attached hydrogens (tertiary/aromatic N) is 2. The number of amides is 2. The Bertz CT molecular complexity index is 1220. The predicted molar refractivity (Wildman–Crippen MR) is 134 cm³/mol. The quantitative estimate of drug-likeness (QED) is 0.529. The molecule has 1 aliphatic heterocycles.